The van der Waals surface area contributed by atoms with Crippen LogP contribution in [0.5, 0.6) is 0 Å². The SMILES string of the molecule is CC(C)[C@H]1CNC[C@@H]1F. The minimum atomic E-state index is -0.606. The standard InChI is InChI=1S/C7H14FN/c1-5(2)6-3-9-4-7(6)8/h5-7,9H,3-4H2,1-2H3/t6-,7+/m1/s1. The number of hydrogen-bond donors (Lipinski definition) is 1. The Morgan fingerprint density at radius 1 is 1.44 bits per heavy atom. The van der Waals surface area contributed by atoms with Crippen molar-refractivity contribution in [2.45, 2.75) is 20.0 Å². The second-order valence-electron chi connectivity index (χ2n) is 3.08. The summed E-state index contributed by atoms with van der Waals surface area (Å²) in [5.41, 5.74) is 0. The second-order valence-corrected chi connectivity index (χ2v) is 3.08. The molecular weight excluding hydrogens is 117 g/mol. The Balaban J connectivity index is 2.40. The molecule has 0 aliphatic carbocycles. The summed E-state index contributed by atoms with van der Waals surface area (Å²) >= 11 is 0. The van der Waals surface area contributed by atoms with Crippen molar-refractivity contribution in [3.8, 4) is 0 Å². The van der Waals surface area contributed by atoms with Crippen molar-refractivity contribution >= 4 is 0 Å². The van der Waals surface area contributed by atoms with Crippen molar-refractivity contribution in [1.82, 2.24) is 5.32 Å². The van der Waals surface area contributed by atoms with Crippen molar-refractivity contribution in [3.63, 3.8) is 0 Å². The van der Waals surface area contributed by atoms with E-state index in [-0.39, 0.29) is 5.92 Å². The molecule has 0 radical (unpaired) electrons. The first-order valence-corrected chi connectivity index (χ1v) is 3.56. The highest BCUT2D eigenvalue weighted by molar-refractivity contribution is 4.82. The maximum atomic E-state index is 12.8. The average molecular weight is 131 g/mol. The van der Waals surface area contributed by atoms with Gasteiger partial charge >= 0.3 is 0 Å². The molecule has 1 rings (SSSR count). The molecule has 0 aromatic carbocycles. The lowest BCUT2D eigenvalue weighted by molar-refractivity contribution is 0.234. The predicted octanol–water partition coefficient (Wildman–Crippen LogP) is 1.20. The average Bonchev–Trinajstić information content (AvgIpc) is 2.13. The van der Waals surface area contributed by atoms with Crippen LogP contribution < -0.4 is 5.32 Å². The Morgan fingerprint density at radius 2 is 2.11 bits per heavy atom. The minimum absolute atomic E-state index is 0.255. The fourth-order valence-corrected chi connectivity index (χ4v) is 1.32. The highest BCUT2D eigenvalue weighted by atomic mass is 19.1. The van der Waals surface area contributed by atoms with Gasteiger partial charge in [0.05, 0.1) is 0 Å². The summed E-state index contributed by atoms with van der Waals surface area (Å²) < 4.78 is 12.8. The van der Waals surface area contributed by atoms with Gasteiger partial charge in [0.15, 0.2) is 0 Å². The van der Waals surface area contributed by atoms with E-state index in [0.717, 1.165) is 6.54 Å². The van der Waals surface area contributed by atoms with Gasteiger partial charge in [0, 0.05) is 19.0 Å². The first-order chi connectivity index (χ1) is 4.22. The lowest BCUT2D eigenvalue weighted by atomic mass is 9.94. The van der Waals surface area contributed by atoms with Crippen LogP contribution in [0.2, 0.25) is 0 Å². The molecule has 2 atom stereocenters. The van der Waals surface area contributed by atoms with Gasteiger partial charge in [-0.25, -0.2) is 4.39 Å². The van der Waals surface area contributed by atoms with Gasteiger partial charge < -0.3 is 5.32 Å². The van der Waals surface area contributed by atoms with Gasteiger partial charge in [-0.3, -0.25) is 0 Å². The van der Waals surface area contributed by atoms with Gasteiger partial charge in [-0.05, 0) is 5.92 Å². The smallest absolute Gasteiger partial charge is 0.117 e. The Hall–Kier alpha value is -0.110. The summed E-state index contributed by atoms with van der Waals surface area (Å²) in [7, 11) is 0. The van der Waals surface area contributed by atoms with Crippen molar-refractivity contribution in [1.29, 1.82) is 0 Å². The van der Waals surface area contributed by atoms with Gasteiger partial charge in [-0.15, -0.1) is 0 Å². The quantitative estimate of drug-likeness (QED) is 0.564. The molecule has 1 saturated heterocycles. The zero-order chi connectivity index (χ0) is 6.85. The number of hydrogen-bond acceptors (Lipinski definition) is 1. The molecule has 2 heteroatoms. The summed E-state index contributed by atoms with van der Waals surface area (Å²) in [6, 6.07) is 0. The van der Waals surface area contributed by atoms with Crippen molar-refractivity contribution in [3.05, 3.63) is 0 Å². The van der Waals surface area contributed by atoms with E-state index in [4.69, 9.17) is 0 Å². The third kappa shape index (κ3) is 1.42. The summed E-state index contributed by atoms with van der Waals surface area (Å²) in [5, 5.41) is 3.03. The van der Waals surface area contributed by atoms with Gasteiger partial charge in [-0.1, -0.05) is 13.8 Å². The molecule has 0 bridgehead atoms. The van der Waals surface area contributed by atoms with Crippen molar-refractivity contribution in [2.75, 3.05) is 13.1 Å². The normalized spacial score (nSPS) is 36.0. The number of alkyl halides is 1. The van der Waals surface area contributed by atoms with Crippen LogP contribution in [0.4, 0.5) is 4.39 Å². The van der Waals surface area contributed by atoms with E-state index in [1.54, 1.807) is 0 Å². The maximum absolute atomic E-state index is 12.8. The summed E-state index contributed by atoms with van der Waals surface area (Å²) in [4.78, 5) is 0. The van der Waals surface area contributed by atoms with Gasteiger partial charge in [0.1, 0.15) is 6.17 Å². The Bertz CT molecular complexity index is 92.9. The van der Waals surface area contributed by atoms with E-state index in [9.17, 15) is 4.39 Å². The van der Waals surface area contributed by atoms with E-state index >= 15 is 0 Å². The van der Waals surface area contributed by atoms with E-state index in [0.29, 0.717) is 12.5 Å². The van der Waals surface area contributed by atoms with E-state index in [1.807, 2.05) is 0 Å². The highest BCUT2D eigenvalue weighted by Gasteiger charge is 2.28. The van der Waals surface area contributed by atoms with Crippen LogP contribution in [0, 0.1) is 11.8 Å². The second kappa shape index (κ2) is 2.65. The van der Waals surface area contributed by atoms with E-state index in [1.165, 1.54) is 0 Å². The molecule has 1 aliphatic heterocycles. The Kier molecular flexibility index (Phi) is 2.06. The molecule has 0 spiro atoms. The number of halogens is 1. The third-order valence-corrected chi connectivity index (χ3v) is 2.04. The fraction of sp³-hybridized carbons (Fsp3) is 1.00. The van der Waals surface area contributed by atoms with Gasteiger partial charge in [-0.2, -0.15) is 0 Å². The molecule has 0 aromatic rings. The zero-order valence-electron chi connectivity index (χ0n) is 6.02. The molecule has 1 fully saturated rings. The van der Waals surface area contributed by atoms with E-state index in [2.05, 4.69) is 19.2 Å². The Labute approximate surface area is 55.6 Å². The van der Waals surface area contributed by atoms with Crippen LogP contribution in [0.1, 0.15) is 13.8 Å². The Morgan fingerprint density at radius 3 is 2.33 bits per heavy atom. The van der Waals surface area contributed by atoms with Gasteiger partial charge in [0.2, 0.25) is 0 Å². The van der Waals surface area contributed by atoms with Crippen LogP contribution in [0.25, 0.3) is 0 Å². The van der Waals surface area contributed by atoms with Crippen molar-refractivity contribution in [2.24, 2.45) is 11.8 Å². The lowest BCUT2D eigenvalue weighted by Crippen LogP contribution is -2.18. The lowest BCUT2D eigenvalue weighted by Gasteiger charge is -2.14. The first kappa shape index (κ1) is 7.00. The highest BCUT2D eigenvalue weighted by Crippen LogP contribution is 2.20. The molecule has 1 nitrogen and oxygen atoms in total. The molecule has 9 heavy (non-hydrogen) atoms. The maximum Gasteiger partial charge on any atom is 0.117 e. The number of rotatable bonds is 1. The molecule has 0 aromatic heterocycles. The first-order valence-electron chi connectivity index (χ1n) is 3.56. The van der Waals surface area contributed by atoms with Gasteiger partial charge in [0.25, 0.3) is 0 Å². The molecule has 1 heterocycles. The minimum Gasteiger partial charge on any atom is -0.313 e. The van der Waals surface area contributed by atoms with Crippen molar-refractivity contribution < 1.29 is 4.39 Å². The van der Waals surface area contributed by atoms with Crippen LogP contribution in [-0.4, -0.2) is 19.3 Å². The zero-order valence-corrected chi connectivity index (χ0v) is 6.02. The monoisotopic (exact) mass is 131 g/mol. The predicted molar refractivity (Wildman–Crippen MR) is 36.1 cm³/mol. The molecule has 1 N–H and O–H groups in total. The summed E-state index contributed by atoms with van der Waals surface area (Å²) in [5.74, 6) is 0.736. The summed E-state index contributed by atoms with van der Waals surface area (Å²) in [6.45, 7) is 5.57. The topological polar surface area (TPSA) is 12.0 Å². The largest absolute Gasteiger partial charge is 0.313 e. The molecular formula is C7H14FN. The molecule has 0 unspecified atom stereocenters. The molecule has 0 saturated carbocycles. The third-order valence-electron chi connectivity index (χ3n) is 2.04. The fourth-order valence-electron chi connectivity index (χ4n) is 1.32. The summed E-state index contributed by atoms with van der Waals surface area (Å²) in [6.07, 6.45) is -0.606. The molecule has 1 aliphatic rings. The van der Waals surface area contributed by atoms with E-state index < -0.39 is 6.17 Å². The molecule has 0 amide bonds. The van der Waals surface area contributed by atoms with Crippen LogP contribution >= 0.6 is 0 Å². The van der Waals surface area contributed by atoms with Crippen LogP contribution in [0.3, 0.4) is 0 Å². The molecule has 54 valence electrons. The number of nitrogens with one attached hydrogen (secondary N) is 1. The van der Waals surface area contributed by atoms with Crippen LogP contribution in [-0.2, 0) is 0 Å². The van der Waals surface area contributed by atoms with Crippen LogP contribution in [0.15, 0.2) is 0 Å².